The number of hydrogen-bond donors (Lipinski definition) is 1. The molecule has 0 radical (unpaired) electrons. The molecule has 4 nitrogen and oxygen atoms in total. The number of aryl methyl sites for hydroxylation is 1. The monoisotopic (exact) mass is 352 g/mol. The number of carbonyl (C=O) groups is 1. The summed E-state index contributed by atoms with van der Waals surface area (Å²) in [7, 11) is 4.24. The van der Waals surface area contributed by atoms with E-state index < -0.39 is 0 Å². The Balaban J connectivity index is 1.74. The van der Waals surface area contributed by atoms with Gasteiger partial charge in [0.2, 0.25) is 0 Å². The molecule has 1 aliphatic carbocycles. The quantitative estimate of drug-likeness (QED) is 0.900. The van der Waals surface area contributed by atoms with Gasteiger partial charge in [-0.05, 0) is 42.2 Å². The number of benzene rings is 1. The molecular weight excluding hydrogens is 324 g/mol. The zero-order chi connectivity index (χ0) is 18.4. The van der Waals surface area contributed by atoms with Gasteiger partial charge < -0.3 is 9.67 Å². The van der Waals surface area contributed by atoms with Crippen molar-refractivity contribution in [3.8, 4) is 0 Å². The highest BCUT2D eigenvalue weighted by Gasteiger charge is 2.36. The summed E-state index contributed by atoms with van der Waals surface area (Å²) in [5.74, 6) is 0.265. The van der Waals surface area contributed by atoms with E-state index in [-0.39, 0.29) is 24.2 Å². The largest absolute Gasteiger partial charge is 0.396 e. The van der Waals surface area contributed by atoms with Crippen molar-refractivity contribution in [3.05, 3.63) is 41.6 Å². The van der Waals surface area contributed by atoms with E-state index in [0.29, 0.717) is 12.5 Å². The van der Waals surface area contributed by atoms with Crippen LogP contribution in [0, 0.1) is 11.8 Å². The van der Waals surface area contributed by atoms with Crippen molar-refractivity contribution < 1.29 is 9.90 Å². The summed E-state index contributed by atoms with van der Waals surface area (Å²) in [5, 5.41) is 10.8. The molecule has 0 fully saturated rings. The molecule has 0 saturated carbocycles. The van der Waals surface area contributed by atoms with E-state index >= 15 is 0 Å². The van der Waals surface area contributed by atoms with E-state index in [4.69, 9.17) is 0 Å². The fourth-order valence-corrected chi connectivity index (χ4v) is 4.70. The third-order valence-corrected chi connectivity index (χ3v) is 6.31. The Bertz CT molecular complexity index is 876. The standard InChI is InChI=1S/C22H28N2O2/c1-4-14(13-25)8-21(26)15-9-18-17-6-5-7-19-22(17)16(12-23(19)2)10-20(18)24(3)11-15/h5-7,9,12,14-15,20,25H,4,8,10-11,13H2,1-3H3/t14-,15-,20-/m1/s1. The van der Waals surface area contributed by atoms with E-state index in [9.17, 15) is 9.90 Å². The molecule has 1 aliphatic heterocycles. The Hall–Kier alpha value is -1.91. The predicted octanol–water partition coefficient (Wildman–Crippen LogP) is 3.03. The summed E-state index contributed by atoms with van der Waals surface area (Å²) in [4.78, 5) is 15.2. The number of likely N-dealkylation sites (N-methyl/N-ethyl adjacent to an activating group) is 1. The van der Waals surface area contributed by atoms with Crippen LogP contribution < -0.4 is 0 Å². The van der Waals surface area contributed by atoms with Crippen molar-refractivity contribution in [1.29, 1.82) is 0 Å². The van der Waals surface area contributed by atoms with Crippen molar-refractivity contribution in [2.45, 2.75) is 32.2 Å². The number of fused-ring (bicyclic) bond motifs is 2. The van der Waals surface area contributed by atoms with Crippen molar-refractivity contribution in [2.75, 3.05) is 20.2 Å². The van der Waals surface area contributed by atoms with Crippen LogP contribution in [0.4, 0.5) is 0 Å². The molecule has 0 saturated heterocycles. The average molecular weight is 352 g/mol. The van der Waals surface area contributed by atoms with Gasteiger partial charge in [-0.2, -0.15) is 0 Å². The van der Waals surface area contributed by atoms with E-state index in [0.717, 1.165) is 19.4 Å². The number of hydrogen-bond acceptors (Lipinski definition) is 3. The number of aromatic nitrogens is 1. The van der Waals surface area contributed by atoms with Gasteiger partial charge in [0.05, 0.1) is 0 Å². The van der Waals surface area contributed by atoms with Gasteiger partial charge in [-0.25, -0.2) is 0 Å². The molecule has 3 atom stereocenters. The molecular formula is C22H28N2O2. The first-order chi connectivity index (χ1) is 12.5. The summed E-state index contributed by atoms with van der Waals surface area (Å²) < 4.78 is 2.21. The maximum absolute atomic E-state index is 12.9. The molecule has 1 aromatic heterocycles. The third kappa shape index (κ3) is 2.72. The van der Waals surface area contributed by atoms with Crippen LogP contribution in [0.3, 0.4) is 0 Å². The molecule has 1 N–H and O–H groups in total. The first-order valence-corrected chi connectivity index (χ1v) is 9.66. The minimum Gasteiger partial charge on any atom is -0.396 e. The third-order valence-electron chi connectivity index (χ3n) is 6.31. The predicted molar refractivity (Wildman–Crippen MR) is 105 cm³/mol. The minimum absolute atomic E-state index is 0.0765. The lowest BCUT2D eigenvalue weighted by Crippen LogP contribution is -2.44. The van der Waals surface area contributed by atoms with Crippen molar-refractivity contribution in [1.82, 2.24) is 9.47 Å². The van der Waals surface area contributed by atoms with Crippen LogP contribution in [0.1, 0.15) is 30.9 Å². The second-order valence-electron chi connectivity index (χ2n) is 7.98. The average Bonchev–Trinajstić information content (AvgIpc) is 2.97. The summed E-state index contributed by atoms with van der Waals surface area (Å²) >= 11 is 0. The second kappa shape index (κ2) is 6.67. The smallest absolute Gasteiger partial charge is 0.141 e. The number of rotatable bonds is 5. The highest BCUT2D eigenvalue weighted by molar-refractivity contribution is 5.99. The van der Waals surface area contributed by atoms with Crippen molar-refractivity contribution in [3.63, 3.8) is 0 Å². The number of ketones is 1. The first kappa shape index (κ1) is 17.5. The minimum atomic E-state index is -0.0765. The molecule has 26 heavy (non-hydrogen) atoms. The molecule has 2 aliphatic rings. The Morgan fingerprint density at radius 2 is 2.15 bits per heavy atom. The Kier molecular flexibility index (Phi) is 4.49. The van der Waals surface area contributed by atoms with Gasteiger partial charge in [-0.1, -0.05) is 31.6 Å². The maximum atomic E-state index is 12.9. The van der Waals surface area contributed by atoms with Gasteiger partial charge in [-0.15, -0.1) is 0 Å². The van der Waals surface area contributed by atoms with Crippen LogP contribution in [-0.2, 0) is 18.3 Å². The van der Waals surface area contributed by atoms with Gasteiger partial charge >= 0.3 is 0 Å². The van der Waals surface area contributed by atoms with E-state index in [1.165, 1.54) is 27.6 Å². The molecule has 0 unspecified atom stereocenters. The molecule has 138 valence electrons. The summed E-state index contributed by atoms with van der Waals surface area (Å²) in [5.41, 5.74) is 5.26. The van der Waals surface area contributed by atoms with Gasteiger partial charge in [-0.3, -0.25) is 9.69 Å². The maximum Gasteiger partial charge on any atom is 0.141 e. The van der Waals surface area contributed by atoms with Gasteiger partial charge in [0.15, 0.2) is 0 Å². The lowest BCUT2D eigenvalue weighted by Gasteiger charge is -2.39. The number of aliphatic hydroxyl groups excluding tert-OH is 1. The lowest BCUT2D eigenvalue weighted by atomic mass is 9.78. The fraction of sp³-hybridized carbons (Fsp3) is 0.500. The molecule has 0 amide bonds. The van der Waals surface area contributed by atoms with Crippen LogP contribution in [0.5, 0.6) is 0 Å². The molecule has 0 bridgehead atoms. The Morgan fingerprint density at radius 3 is 2.88 bits per heavy atom. The van der Waals surface area contributed by atoms with E-state index in [2.05, 4.69) is 54.0 Å². The summed E-state index contributed by atoms with van der Waals surface area (Å²) in [6.07, 6.45) is 6.80. The van der Waals surface area contributed by atoms with Crippen LogP contribution in [0.2, 0.25) is 0 Å². The van der Waals surface area contributed by atoms with E-state index in [1.807, 2.05) is 6.92 Å². The number of carbonyl (C=O) groups excluding carboxylic acids is 1. The second-order valence-corrected chi connectivity index (χ2v) is 7.98. The first-order valence-electron chi connectivity index (χ1n) is 9.66. The van der Waals surface area contributed by atoms with Crippen LogP contribution >= 0.6 is 0 Å². The molecule has 1 aromatic carbocycles. The highest BCUT2D eigenvalue weighted by atomic mass is 16.3. The summed E-state index contributed by atoms with van der Waals surface area (Å²) in [6, 6.07) is 6.84. The summed E-state index contributed by atoms with van der Waals surface area (Å²) in [6.45, 7) is 2.90. The lowest BCUT2D eigenvalue weighted by molar-refractivity contribution is -0.123. The van der Waals surface area contributed by atoms with Gasteiger partial charge in [0.25, 0.3) is 0 Å². The van der Waals surface area contributed by atoms with Crippen LogP contribution in [-0.4, -0.2) is 46.6 Å². The number of Topliss-reactive ketones (excluding diaryl/α,β-unsaturated/α-hetero) is 1. The molecule has 0 spiro atoms. The van der Waals surface area contributed by atoms with Gasteiger partial charge in [0.1, 0.15) is 5.78 Å². The molecule has 2 aromatic rings. The normalized spacial score (nSPS) is 23.6. The Labute approximate surface area is 155 Å². The molecule has 4 heteroatoms. The molecule has 2 heterocycles. The van der Waals surface area contributed by atoms with Crippen molar-refractivity contribution >= 4 is 22.3 Å². The van der Waals surface area contributed by atoms with Gasteiger partial charge in [0, 0.05) is 55.7 Å². The highest BCUT2D eigenvalue weighted by Crippen LogP contribution is 2.41. The van der Waals surface area contributed by atoms with E-state index in [1.54, 1.807) is 0 Å². The molecule has 4 rings (SSSR count). The Morgan fingerprint density at radius 1 is 1.35 bits per heavy atom. The van der Waals surface area contributed by atoms with Crippen molar-refractivity contribution in [2.24, 2.45) is 18.9 Å². The zero-order valence-corrected chi connectivity index (χ0v) is 15.9. The number of nitrogens with zero attached hydrogens (tertiary/aromatic N) is 2. The number of aliphatic hydroxyl groups is 1. The topological polar surface area (TPSA) is 45.5 Å². The van der Waals surface area contributed by atoms with Crippen LogP contribution in [0.15, 0.2) is 30.5 Å². The van der Waals surface area contributed by atoms with Crippen LogP contribution in [0.25, 0.3) is 16.5 Å². The fourth-order valence-electron chi connectivity index (χ4n) is 4.70. The SMILES string of the molecule is CC[C@@H](CO)CC(=O)[C@@H]1C=C2c3cccc4c3c(cn4C)C[C@H]2N(C)C1. The zero-order valence-electron chi connectivity index (χ0n) is 15.9.